The normalized spacial score (nSPS) is 23.4. The molecule has 0 unspecified atom stereocenters. The number of nitrogens with zero attached hydrogens (tertiary/aromatic N) is 1. The lowest BCUT2D eigenvalue weighted by atomic mass is 9.56. The summed E-state index contributed by atoms with van der Waals surface area (Å²) in [5.74, 6) is 1.30. The highest BCUT2D eigenvalue weighted by atomic mass is 32.2. The van der Waals surface area contributed by atoms with Gasteiger partial charge in [-0.15, -0.1) is 6.58 Å². The van der Waals surface area contributed by atoms with Crippen molar-refractivity contribution in [3.05, 3.63) is 83.7 Å². The summed E-state index contributed by atoms with van der Waals surface area (Å²) in [5.41, 5.74) is 3.17. The van der Waals surface area contributed by atoms with Gasteiger partial charge in [-0.3, -0.25) is 0 Å². The smallest absolute Gasteiger partial charge is 0.230 e. The van der Waals surface area contributed by atoms with E-state index in [4.69, 9.17) is 24.2 Å². The summed E-state index contributed by atoms with van der Waals surface area (Å²) in [7, 11) is 0. The highest BCUT2D eigenvalue weighted by Crippen LogP contribution is 2.62. The molecule has 7 nitrogen and oxygen atoms in total. The number of allylic oxidation sites excluding steroid dienone is 1. The van der Waals surface area contributed by atoms with Crippen molar-refractivity contribution < 1.29 is 33.7 Å². The molecule has 0 spiro atoms. The fourth-order valence-electron chi connectivity index (χ4n) is 10.1. The van der Waals surface area contributed by atoms with Crippen molar-refractivity contribution in [2.24, 2.45) is 22.9 Å². The zero-order valence-electron chi connectivity index (χ0n) is 39.4. The van der Waals surface area contributed by atoms with Crippen molar-refractivity contribution in [2.45, 2.75) is 192 Å². The Balaban J connectivity index is 1.43. The van der Waals surface area contributed by atoms with Gasteiger partial charge in [0.05, 0.1) is 23.5 Å². The molecular weight excluding hydrogens is 810 g/mol. The highest BCUT2D eigenvalue weighted by Gasteiger charge is 2.64. The van der Waals surface area contributed by atoms with Crippen molar-refractivity contribution in [1.82, 2.24) is 0 Å². The average molecular weight is 892 g/mol. The Morgan fingerprint density at radius 3 is 2.14 bits per heavy atom. The van der Waals surface area contributed by atoms with Crippen molar-refractivity contribution in [1.29, 1.82) is 0 Å². The molecule has 1 heterocycles. The maximum absolute atomic E-state index is 14.7. The second kappa shape index (κ2) is 26.9. The molecular formula is C54H82FNO6S. The lowest BCUT2D eigenvalue weighted by Gasteiger charge is -2.58. The van der Waals surface area contributed by atoms with Gasteiger partial charge >= 0.3 is 0 Å². The Morgan fingerprint density at radius 2 is 1.51 bits per heavy atom. The molecule has 2 aromatic carbocycles. The number of fused-ring (bicyclic) bond motifs is 2. The minimum absolute atomic E-state index is 0.0299. The van der Waals surface area contributed by atoms with Crippen LogP contribution in [0.25, 0.3) is 0 Å². The van der Waals surface area contributed by atoms with Crippen LogP contribution in [0.4, 0.5) is 4.39 Å². The summed E-state index contributed by atoms with van der Waals surface area (Å²) in [6, 6.07) is 12.8. The van der Waals surface area contributed by atoms with E-state index in [9.17, 15) is 14.6 Å². The molecule has 0 bridgehead atoms. The first-order valence-electron chi connectivity index (χ1n) is 24.9. The van der Waals surface area contributed by atoms with Gasteiger partial charge in [0.2, 0.25) is 5.79 Å². The zero-order chi connectivity index (χ0) is 44.9. The van der Waals surface area contributed by atoms with Crippen LogP contribution in [-0.4, -0.2) is 58.1 Å². The van der Waals surface area contributed by atoms with Crippen LogP contribution in [0.2, 0.25) is 0 Å². The maximum atomic E-state index is 14.7. The van der Waals surface area contributed by atoms with Crippen LogP contribution in [0.3, 0.4) is 0 Å². The molecule has 0 amide bonds. The number of halogens is 1. The Labute approximate surface area is 385 Å². The Kier molecular flexibility index (Phi) is 21.9. The molecule has 1 saturated carbocycles. The average Bonchev–Trinajstić information content (AvgIpc) is 3.27. The number of ether oxygens (including phenoxy) is 3. The predicted octanol–water partition coefficient (Wildman–Crippen LogP) is 14.1. The molecule has 0 radical (unpaired) electrons. The topological polar surface area (TPSA) is 89.7 Å². The van der Waals surface area contributed by atoms with Gasteiger partial charge in [-0.1, -0.05) is 139 Å². The molecule has 1 aliphatic heterocycles. The largest absolute Gasteiger partial charge is 0.489 e. The van der Waals surface area contributed by atoms with Crippen molar-refractivity contribution in [2.75, 3.05) is 25.6 Å². The number of benzene rings is 2. The van der Waals surface area contributed by atoms with Gasteiger partial charge in [0, 0.05) is 36.7 Å². The molecule has 352 valence electrons. The molecule has 2 N–H and O–H groups in total. The Hall–Kier alpha value is -2.85. The minimum atomic E-state index is -1.00. The summed E-state index contributed by atoms with van der Waals surface area (Å²) in [6.45, 7) is 13.2. The molecule has 0 saturated heterocycles. The van der Waals surface area contributed by atoms with Gasteiger partial charge in [0.15, 0.2) is 0 Å². The summed E-state index contributed by atoms with van der Waals surface area (Å²) in [4.78, 5) is 6.27. The van der Waals surface area contributed by atoms with Crippen LogP contribution in [0, 0.1) is 23.6 Å². The van der Waals surface area contributed by atoms with Crippen LogP contribution in [-0.2, 0) is 16.2 Å². The SMILES string of the molecule is C=CCO[C@@]12Oc3ccc(OCc4ccccc4F)cc3[C@H]3[C@H](CCCCO)[C@@H](CCCCO)C=C(C(=NOC(C)(C)C)C[C@@H]1SCCCCCCCCCCCCCCCC)[C@H]32. The molecule has 63 heavy (non-hydrogen) atoms. The first kappa shape index (κ1) is 51.1. The standard InChI is InChI=1S/C54H82FNO6S/c1-6-8-9-10-11-12-13-14-15-16-17-18-19-26-36-63-50-39-48(56-62-53(3,4)5)45-37-41(27-22-24-33-57)44(29-23-25-34-58)51-46-38-43(59-40-42-28-20-21-30-47(42)55)31-32-49(46)61-54(50,52(45)51)60-35-7-2/h7,20-21,28,30-32,37-38,41,44,50-52,57-58H,2,6,8-19,22-27,29,33-36,39-40H2,1,3-5H3/t41-,44+,50-,51+,52+,54+/m0/s1. The van der Waals surface area contributed by atoms with Gasteiger partial charge in [0.25, 0.3) is 0 Å². The number of thioether (sulfide) groups is 1. The van der Waals surface area contributed by atoms with E-state index in [1.807, 2.05) is 56.8 Å². The van der Waals surface area contributed by atoms with E-state index in [0.29, 0.717) is 24.3 Å². The number of aliphatic hydroxyl groups excluding tert-OH is 2. The van der Waals surface area contributed by atoms with Gasteiger partial charge in [-0.25, -0.2) is 4.39 Å². The summed E-state index contributed by atoms with van der Waals surface area (Å²) < 4.78 is 35.5. The van der Waals surface area contributed by atoms with Crippen LogP contribution in [0.1, 0.15) is 180 Å². The Bertz CT molecular complexity index is 1710. The number of aliphatic hydroxyl groups is 2. The van der Waals surface area contributed by atoms with Gasteiger partial charge in [-0.05, 0) is 100 Å². The second-order valence-corrected chi connectivity index (χ2v) is 20.6. The maximum Gasteiger partial charge on any atom is 0.230 e. The number of rotatable bonds is 31. The van der Waals surface area contributed by atoms with Gasteiger partial charge in [0.1, 0.15) is 29.5 Å². The lowest BCUT2D eigenvalue weighted by molar-refractivity contribution is -0.223. The molecule has 2 aliphatic carbocycles. The van der Waals surface area contributed by atoms with Crippen LogP contribution in [0.15, 0.2) is 71.9 Å². The fraction of sp³-hybridized carbons (Fsp3) is 0.685. The summed E-state index contributed by atoms with van der Waals surface area (Å²) >= 11 is 1.95. The van der Waals surface area contributed by atoms with Gasteiger partial charge in [-0.2, -0.15) is 11.8 Å². The minimum Gasteiger partial charge on any atom is -0.489 e. The molecule has 2 aromatic rings. The number of hydrogen-bond donors (Lipinski definition) is 2. The number of oxime groups is 1. The highest BCUT2D eigenvalue weighted by molar-refractivity contribution is 8.00. The lowest BCUT2D eigenvalue weighted by Crippen LogP contribution is -2.64. The predicted molar refractivity (Wildman–Crippen MR) is 259 cm³/mol. The van der Waals surface area contributed by atoms with E-state index in [-0.39, 0.29) is 54.6 Å². The molecule has 5 rings (SSSR count). The van der Waals surface area contributed by atoms with E-state index in [0.717, 1.165) is 73.3 Å². The van der Waals surface area contributed by atoms with Gasteiger partial charge < -0.3 is 29.3 Å². The van der Waals surface area contributed by atoms with E-state index >= 15 is 0 Å². The summed E-state index contributed by atoms with van der Waals surface area (Å²) in [6.07, 6.45) is 28.6. The molecule has 3 aliphatic rings. The van der Waals surface area contributed by atoms with Crippen molar-refractivity contribution in [3.63, 3.8) is 0 Å². The van der Waals surface area contributed by atoms with E-state index in [1.165, 1.54) is 89.5 Å². The quantitative estimate of drug-likeness (QED) is 0.0443. The van der Waals surface area contributed by atoms with E-state index < -0.39 is 11.4 Å². The molecule has 0 aromatic heterocycles. The van der Waals surface area contributed by atoms with E-state index in [1.54, 1.807) is 12.1 Å². The fourth-order valence-corrected chi connectivity index (χ4v) is 11.5. The van der Waals surface area contributed by atoms with Crippen LogP contribution in [0.5, 0.6) is 11.5 Å². The van der Waals surface area contributed by atoms with E-state index in [2.05, 4.69) is 25.6 Å². The first-order chi connectivity index (χ1) is 30.7. The molecule has 9 heteroatoms. The number of unbranched alkanes of at least 4 members (excludes halogenated alkanes) is 15. The van der Waals surface area contributed by atoms with Crippen LogP contribution < -0.4 is 9.47 Å². The second-order valence-electron chi connectivity index (χ2n) is 19.3. The number of hydrogen-bond acceptors (Lipinski definition) is 8. The monoisotopic (exact) mass is 892 g/mol. The third kappa shape index (κ3) is 15.1. The van der Waals surface area contributed by atoms with Crippen molar-refractivity contribution in [3.8, 4) is 11.5 Å². The third-order valence-electron chi connectivity index (χ3n) is 13.2. The Morgan fingerprint density at radius 1 is 0.857 bits per heavy atom. The van der Waals surface area contributed by atoms with Crippen LogP contribution >= 0.6 is 11.8 Å². The molecule has 6 atom stereocenters. The first-order valence-corrected chi connectivity index (χ1v) is 25.9. The third-order valence-corrected chi connectivity index (χ3v) is 14.6. The zero-order valence-corrected chi connectivity index (χ0v) is 40.3. The molecule has 1 fully saturated rings. The summed E-state index contributed by atoms with van der Waals surface area (Å²) in [5, 5.41) is 24.7. The van der Waals surface area contributed by atoms with Crippen molar-refractivity contribution >= 4 is 17.5 Å².